The minimum atomic E-state index is -2.15. The molecule has 4 saturated carbocycles. The SMILES string of the molecule is CC(O)CC(=O)OC(C)CC(=O)OC(C)CC(=O)O[C@@H]1[C@H](O)[C@@H](O[C@@H]2O[C@@H](C)[C@H](O[C@@H]3OC[C@@H](O)[C@H](O[C@@H]4O[C@@H](C)[C@H](O)[C@@H](O)[C@H]4O)[C@H]3O)[C@@H](O)[C@H]2O)[C@H](OC(=O)[C@]23CCC(C)(C)C[C@H]2C2=CC[C@@H]4[C@@]5(C)C[C@H](O)[C@H](O[C@@H]6O[C@H](CO)[C@@H](O)[C@H](O[C@@H]7O[C@H](CO)[C@@H](O)[C@H](O)[C@H]7O)[C@H]6O)[C@@](C)(CO)[C@@H]5CC[C@@]4(C)[C@]2(C)C[C@H]3O)O[C@@H]1C. The van der Waals surface area contributed by atoms with Crippen LogP contribution in [0.5, 0.6) is 0 Å². The van der Waals surface area contributed by atoms with Crippen molar-refractivity contribution in [2.24, 2.45) is 50.2 Å². The fourth-order valence-electron chi connectivity index (χ4n) is 21.0. The van der Waals surface area contributed by atoms with Crippen LogP contribution in [0.15, 0.2) is 11.6 Å². The molecule has 3 unspecified atom stereocenters. The first kappa shape index (κ1) is 92.1. The van der Waals surface area contributed by atoms with E-state index in [4.69, 9.17) is 71.1 Å². The summed E-state index contributed by atoms with van der Waals surface area (Å²) in [5, 5.41) is 213. The monoisotopic (exact) mass is 1660 g/mol. The molecule has 660 valence electrons. The lowest BCUT2D eigenvalue weighted by molar-refractivity contribution is -0.380. The van der Waals surface area contributed by atoms with Crippen molar-refractivity contribution in [3.63, 3.8) is 0 Å². The average molecular weight is 1660 g/mol. The summed E-state index contributed by atoms with van der Waals surface area (Å²) in [4.78, 5) is 55.2. The third kappa shape index (κ3) is 17.5. The summed E-state index contributed by atoms with van der Waals surface area (Å²) < 4.78 is 88.8. The lowest BCUT2D eigenvalue weighted by atomic mass is 9.33. The Kier molecular flexibility index (Phi) is 28.6. The number of esters is 4. The molecule has 0 aromatic heterocycles. The first-order valence-corrected chi connectivity index (χ1v) is 40.1. The Morgan fingerprint density at radius 3 is 1.62 bits per heavy atom. The topological polar surface area (TPSA) is 591 Å². The van der Waals surface area contributed by atoms with E-state index in [1.807, 2.05) is 0 Å². The molecule has 0 radical (unpaired) electrons. The molecule has 0 amide bonds. The molecule has 6 aliphatic heterocycles. The van der Waals surface area contributed by atoms with Crippen LogP contribution in [0.1, 0.15) is 154 Å². The van der Waals surface area contributed by atoms with E-state index in [-0.39, 0.29) is 31.6 Å². The summed E-state index contributed by atoms with van der Waals surface area (Å²) in [6.45, 7) is 17.7. The molecule has 0 aromatic rings. The van der Waals surface area contributed by atoms with Crippen molar-refractivity contribution in [1.29, 1.82) is 0 Å². The van der Waals surface area contributed by atoms with Crippen LogP contribution in [0.3, 0.4) is 0 Å². The summed E-state index contributed by atoms with van der Waals surface area (Å²) in [5.74, 6) is -5.13. The summed E-state index contributed by atoms with van der Waals surface area (Å²) in [6, 6.07) is 0. The molecule has 5 aliphatic carbocycles. The highest BCUT2D eigenvalue weighted by molar-refractivity contribution is 5.80. The van der Waals surface area contributed by atoms with Gasteiger partial charge in [-0.05, 0) is 132 Å². The molecule has 115 heavy (non-hydrogen) atoms. The quantitative estimate of drug-likeness (QED) is 0.0187. The first-order valence-electron chi connectivity index (χ1n) is 40.1. The molecule has 10 fully saturated rings. The second-order valence-electron chi connectivity index (χ2n) is 36.0. The van der Waals surface area contributed by atoms with E-state index >= 15 is 4.79 Å². The fraction of sp³-hybridized carbons (Fsp3) is 0.922. The maximum Gasteiger partial charge on any atom is 0.317 e. The summed E-state index contributed by atoms with van der Waals surface area (Å²) in [7, 11) is 0. The van der Waals surface area contributed by atoms with Crippen LogP contribution in [0.25, 0.3) is 0 Å². The molecule has 6 saturated heterocycles. The van der Waals surface area contributed by atoms with Crippen LogP contribution in [0, 0.1) is 50.2 Å². The van der Waals surface area contributed by atoms with Crippen molar-refractivity contribution >= 4 is 23.9 Å². The van der Waals surface area contributed by atoms with Crippen molar-refractivity contribution in [1.82, 2.24) is 0 Å². The summed E-state index contributed by atoms with van der Waals surface area (Å²) in [5.41, 5.74) is -5.10. The standard InChI is InChI=1S/C77H124O38/c1-29(81)19-44(85)102-30(2)20-45(86)103-31(3)21-46(87)109-60-34(6)106-70(63(56(60)97)113-67-55(96)52(93)59(33(5)105-67)110-65-57(98)61(38(83)27-101-65)111-66-53(94)50(91)47(88)32(4)104-66)115-71(100)77-18-17-72(7,8)22-36(77)35-13-14-42-73(9)23-37(82)64(74(10,28-80)41(73)15-16-75(42,11)76(35,12)24-43(77)84)114-69-58(99)62(49(90)40(26-79)108-69)112-68-54(95)51(92)48(89)39(25-78)107-68/h13,29-34,36-43,47-70,78-84,88-99H,14-28H2,1-12H3/t29?,30?,31?,32-,33-,34+,36-,37-,38+,39+,40+,41+,42+,43+,47-,48+,49+,50+,51-,52-,53+,54+,55+,56-,57+,58+,59-,60-,61-,62-,63+,64-,65-,66-,67-,68-,69-,70-,73-,74-,75+,76+,77+/m0/s1. The fourth-order valence-corrected chi connectivity index (χ4v) is 21.0. The Balaban J connectivity index is 0.837. The van der Waals surface area contributed by atoms with Gasteiger partial charge in [-0.3, -0.25) is 19.2 Å². The largest absolute Gasteiger partial charge is 0.462 e. The van der Waals surface area contributed by atoms with Gasteiger partial charge in [-0.2, -0.15) is 0 Å². The van der Waals surface area contributed by atoms with Gasteiger partial charge in [0.25, 0.3) is 0 Å². The number of allylic oxidation sites excluding steroid dienone is 2. The van der Waals surface area contributed by atoms with Gasteiger partial charge in [0.2, 0.25) is 6.29 Å². The van der Waals surface area contributed by atoms with Gasteiger partial charge in [0.1, 0.15) is 127 Å². The van der Waals surface area contributed by atoms with Gasteiger partial charge in [0, 0.05) is 5.41 Å². The summed E-state index contributed by atoms with van der Waals surface area (Å²) >= 11 is 0. The van der Waals surface area contributed by atoms with Gasteiger partial charge < -0.3 is 168 Å². The number of hydrogen-bond donors (Lipinski definition) is 19. The smallest absolute Gasteiger partial charge is 0.317 e. The molecule has 0 bridgehead atoms. The zero-order valence-corrected chi connectivity index (χ0v) is 66.9. The van der Waals surface area contributed by atoms with E-state index in [0.29, 0.717) is 32.1 Å². The van der Waals surface area contributed by atoms with Gasteiger partial charge in [0.15, 0.2) is 43.7 Å². The number of carbonyl (C=O) groups excluding carboxylic acids is 4. The van der Waals surface area contributed by atoms with E-state index in [1.54, 1.807) is 6.92 Å². The molecule has 38 heteroatoms. The normalized spacial score (nSPS) is 50.0. The maximum absolute atomic E-state index is 16.1. The van der Waals surface area contributed by atoms with Crippen molar-refractivity contribution in [3.05, 3.63) is 11.6 Å². The Bertz CT molecular complexity index is 3350. The van der Waals surface area contributed by atoms with Crippen molar-refractivity contribution in [3.8, 4) is 0 Å². The molecule has 6 heterocycles. The molecular weight excluding hydrogens is 1530 g/mol. The average Bonchev–Trinajstić information content (AvgIpc) is 0.667. The molecule has 0 aromatic carbocycles. The number of ether oxygens (including phenoxy) is 15. The van der Waals surface area contributed by atoms with E-state index in [0.717, 1.165) is 5.57 Å². The Labute approximate surface area is 665 Å². The molecule has 11 aliphatic rings. The molecular formula is C77H124O38. The predicted molar refractivity (Wildman–Crippen MR) is 383 cm³/mol. The van der Waals surface area contributed by atoms with Crippen LogP contribution in [0.2, 0.25) is 0 Å². The zero-order chi connectivity index (χ0) is 84.7. The number of aliphatic hydroxyl groups is 19. The second-order valence-corrected chi connectivity index (χ2v) is 36.0. The van der Waals surface area contributed by atoms with Crippen molar-refractivity contribution < 1.29 is 187 Å². The van der Waals surface area contributed by atoms with E-state index in [9.17, 15) is 111 Å². The van der Waals surface area contributed by atoms with Crippen molar-refractivity contribution in [2.45, 2.75) is 368 Å². The Morgan fingerprint density at radius 1 is 0.478 bits per heavy atom. The number of carbonyl (C=O) groups is 4. The van der Waals surface area contributed by atoms with E-state index in [1.165, 1.54) is 41.5 Å². The molecule has 19 N–H and O–H groups in total. The highest BCUT2D eigenvalue weighted by Gasteiger charge is 2.74. The zero-order valence-electron chi connectivity index (χ0n) is 66.9. The Hall–Kier alpha value is -3.58. The molecule has 43 atom stereocenters. The molecule has 0 spiro atoms. The third-order valence-corrected chi connectivity index (χ3v) is 27.5. The van der Waals surface area contributed by atoms with Gasteiger partial charge in [-0.25, -0.2) is 0 Å². The lowest BCUT2D eigenvalue weighted by Gasteiger charge is -2.72. The second kappa shape index (κ2) is 35.7. The van der Waals surface area contributed by atoms with Gasteiger partial charge in [0.05, 0.1) is 88.4 Å². The summed E-state index contributed by atoms with van der Waals surface area (Å²) in [6.07, 6.45) is -55.1. The van der Waals surface area contributed by atoms with Crippen LogP contribution in [-0.2, 0) is 90.2 Å². The van der Waals surface area contributed by atoms with Crippen LogP contribution in [0.4, 0.5) is 0 Å². The van der Waals surface area contributed by atoms with Gasteiger partial charge in [-0.15, -0.1) is 0 Å². The van der Waals surface area contributed by atoms with E-state index < -0.39 is 322 Å². The number of rotatable bonds is 24. The van der Waals surface area contributed by atoms with Gasteiger partial charge >= 0.3 is 23.9 Å². The maximum atomic E-state index is 16.1. The van der Waals surface area contributed by atoms with Gasteiger partial charge in [-0.1, -0.05) is 53.2 Å². The molecule has 38 nitrogen and oxygen atoms in total. The number of aliphatic hydroxyl groups excluding tert-OH is 19. The number of hydrogen-bond acceptors (Lipinski definition) is 38. The molecule has 11 rings (SSSR count). The number of fused-ring (bicyclic) bond motifs is 7. The Morgan fingerprint density at radius 2 is 1.00 bits per heavy atom. The first-order chi connectivity index (χ1) is 53.8. The van der Waals surface area contributed by atoms with Crippen LogP contribution < -0.4 is 0 Å². The minimum Gasteiger partial charge on any atom is -0.462 e. The van der Waals surface area contributed by atoms with Crippen LogP contribution in [-0.4, -0.2) is 362 Å². The van der Waals surface area contributed by atoms with E-state index in [2.05, 4.69) is 40.7 Å². The van der Waals surface area contributed by atoms with Crippen molar-refractivity contribution in [2.75, 3.05) is 26.4 Å². The predicted octanol–water partition coefficient (Wildman–Crippen LogP) is -4.79. The minimum absolute atomic E-state index is 0.0111. The van der Waals surface area contributed by atoms with Crippen LogP contribution >= 0.6 is 0 Å². The highest BCUT2D eigenvalue weighted by atomic mass is 16.8. The lowest BCUT2D eigenvalue weighted by Crippen LogP contribution is -2.71. The highest BCUT2D eigenvalue weighted by Crippen LogP contribution is 2.76. The third-order valence-electron chi connectivity index (χ3n) is 27.5.